The fourth-order valence-corrected chi connectivity index (χ4v) is 0.819. The van der Waals surface area contributed by atoms with Gasteiger partial charge in [-0.3, -0.25) is 0 Å². The van der Waals surface area contributed by atoms with Crippen molar-refractivity contribution in [3.63, 3.8) is 0 Å². The average Bonchev–Trinajstić information content (AvgIpc) is 2.04. The zero-order valence-corrected chi connectivity index (χ0v) is 6.16. The Morgan fingerprint density at radius 2 is 2.27 bits per heavy atom. The number of nitrogens with zero attached hydrogens (tertiary/aromatic N) is 1. The summed E-state index contributed by atoms with van der Waals surface area (Å²) >= 11 is 0. The Balaban J connectivity index is 3.19. The Labute approximate surface area is 65.0 Å². The van der Waals surface area contributed by atoms with Crippen molar-refractivity contribution in [2.24, 2.45) is 5.90 Å². The molecule has 11 heavy (non-hydrogen) atoms. The van der Waals surface area contributed by atoms with E-state index in [1.54, 1.807) is 12.1 Å². The molecule has 0 fully saturated rings. The Bertz CT molecular complexity index is 301. The summed E-state index contributed by atoms with van der Waals surface area (Å²) in [6.45, 7) is 1.91. The van der Waals surface area contributed by atoms with Gasteiger partial charge in [-0.1, -0.05) is 6.07 Å². The van der Waals surface area contributed by atoms with Crippen LogP contribution in [0.1, 0.15) is 11.1 Å². The molecule has 1 aromatic carbocycles. The van der Waals surface area contributed by atoms with Crippen molar-refractivity contribution in [3.8, 4) is 11.8 Å². The summed E-state index contributed by atoms with van der Waals surface area (Å²) in [5.41, 5.74) is 1.47. The van der Waals surface area contributed by atoms with Crippen molar-refractivity contribution in [2.45, 2.75) is 6.92 Å². The van der Waals surface area contributed by atoms with E-state index in [1.807, 2.05) is 19.1 Å². The van der Waals surface area contributed by atoms with Gasteiger partial charge in [-0.25, -0.2) is 0 Å². The van der Waals surface area contributed by atoms with Gasteiger partial charge >= 0.3 is 0 Å². The number of nitriles is 1. The van der Waals surface area contributed by atoms with Gasteiger partial charge in [-0.05, 0) is 24.6 Å². The summed E-state index contributed by atoms with van der Waals surface area (Å²) in [5, 5.41) is 8.55. The number of rotatable bonds is 1. The van der Waals surface area contributed by atoms with Crippen LogP contribution in [-0.4, -0.2) is 0 Å². The Morgan fingerprint density at radius 3 is 2.82 bits per heavy atom. The lowest BCUT2D eigenvalue weighted by Crippen LogP contribution is -2.03. The van der Waals surface area contributed by atoms with Gasteiger partial charge in [-0.15, -0.1) is 0 Å². The minimum atomic E-state index is 0.424. The zero-order valence-electron chi connectivity index (χ0n) is 6.16. The molecule has 0 spiro atoms. The predicted octanol–water partition coefficient (Wildman–Crippen LogP) is 1.12. The molecule has 0 aliphatic heterocycles. The van der Waals surface area contributed by atoms with Gasteiger partial charge in [0.05, 0.1) is 5.56 Å². The standard InChI is InChI=1S/C8H8N2O/c1-6-2-3-7(5-9)8(4-6)11-10/h2-4H,10H2,1H3. The molecule has 0 unspecified atom stereocenters. The van der Waals surface area contributed by atoms with Crippen LogP contribution in [0.25, 0.3) is 0 Å². The maximum absolute atomic E-state index is 8.55. The molecule has 0 saturated carbocycles. The summed E-state index contributed by atoms with van der Waals surface area (Å²) in [6.07, 6.45) is 0. The molecule has 0 radical (unpaired) electrons. The fraction of sp³-hybridized carbons (Fsp3) is 0.125. The highest BCUT2D eigenvalue weighted by atomic mass is 16.6. The number of aryl methyl sites for hydroxylation is 1. The molecule has 0 atom stereocenters. The van der Waals surface area contributed by atoms with Crippen molar-refractivity contribution in [3.05, 3.63) is 29.3 Å². The van der Waals surface area contributed by atoms with Crippen molar-refractivity contribution >= 4 is 0 Å². The first-order chi connectivity index (χ1) is 5.27. The molecule has 0 aliphatic rings. The fourth-order valence-electron chi connectivity index (χ4n) is 0.819. The number of hydrogen-bond acceptors (Lipinski definition) is 3. The topological polar surface area (TPSA) is 59.0 Å². The van der Waals surface area contributed by atoms with E-state index in [9.17, 15) is 0 Å². The van der Waals surface area contributed by atoms with Gasteiger partial charge in [0.25, 0.3) is 0 Å². The molecule has 0 heterocycles. The number of benzene rings is 1. The first-order valence-electron chi connectivity index (χ1n) is 3.15. The maximum atomic E-state index is 8.55. The molecule has 2 N–H and O–H groups in total. The summed E-state index contributed by atoms with van der Waals surface area (Å²) in [6, 6.07) is 7.20. The molecule has 0 aliphatic carbocycles. The lowest BCUT2D eigenvalue weighted by atomic mass is 10.1. The van der Waals surface area contributed by atoms with Gasteiger partial charge < -0.3 is 4.84 Å². The van der Waals surface area contributed by atoms with Gasteiger partial charge in [-0.2, -0.15) is 11.2 Å². The number of nitrogens with two attached hydrogens (primary N) is 1. The summed E-state index contributed by atoms with van der Waals surface area (Å²) in [4.78, 5) is 4.49. The molecule has 3 nitrogen and oxygen atoms in total. The molecule has 3 heteroatoms. The molecule has 0 aromatic heterocycles. The van der Waals surface area contributed by atoms with E-state index in [0.29, 0.717) is 11.3 Å². The second-order valence-corrected chi connectivity index (χ2v) is 2.23. The van der Waals surface area contributed by atoms with Crippen LogP contribution in [0.2, 0.25) is 0 Å². The van der Waals surface area contributed by atoms with Gasteiger partial charge in [0.15, 0.2) is 5.75 Å². The van der Waals surface area contributed by atoms with Crippen LogP contribution in [0.15, 0.2) is 18.2 Å². The quantitative estimate of drug-likeness (QED) is 0.607. The largest absolute Gasteiger partial charge is 0.410 e. The Kier molecular flexibility index (Phi) is 2.09. The molecular formula is C8H8N2O. The number of hydrogen-bond donors (Lipinski definition) is 1. The van der Waals surface area contributed by atoms with Crippen LogP contribution in [0.5, 0.6) is 5.75 Å². The lowest BCUT2D eigenvalue weighted by Gasteiger charge is -2.00. The monoisotopic (exact) mass is 148 g/mol. The summed E-state index contributed by atoms with van der Waals surface area (Å²) < 4.78 is 0. The smallest absolute Gasteiger partial charge is 0.164 e. The van der Waals surface area contributed by atoms with E-state index in [0.717, 1.165) is 5.56 Å². The molecule has 1 aromatic rings. The SMILES string of the molecule is Cc1ccc(C#N)c(ON)c1. The zero-order chi connectivity index (χ0) is 8.27. The van der Waals surface area contributed by atoms with E-state index < -0.39 is 0 Å². The van der Waals surface area contributed by atoms with Crippen molar-refractivity contribution < 1.29 is 4.84 Å². The maximum Gasteiger partial charge on any atom is 0.164 e. The molecule has 0 amide bonds. The van der Waals surface area contributed by atoms with Crippen LogP contribution < -0.4 is 10.7 Å². The highest BCUT2D eigenvalue weighted by Gasteiger charge is 2.00. The summed E-state index contributed by atoms with van der Waals surface area (Å²) in [7, 11) is 0. The highest BCUT2D eigenvalue weighted by Crippen LogP contribution is 2.17. The van der Waals surface area contributed by atoms with E-state index in [1.165, 1.54) is 0 Å². The van der Waals surface area contributed by atoms with E-state index in [4.69, 9.17) is 11.2 Å². The molecule has 56 valence electrons. The van der Waals surface area contributed by atoms with Gasteiger partial charge in [0.2, 0.25) is 0 Å². The third-order valence-electron chi connectivity index (χ3n) is 1.38. The van der Waals surface area contributed by atoms with Gasteiger partial charge in [0.1, 0.15) is 6.07 Å². The molecular weight excluding hydrogens is 140 g/mol. The molecule has 1 rings (SSSR count). The van der Waals surface area contributed by atoms with Crippen molar-refractivity contribution in [2.75, 3.05) is 0 Å². The van der Waals surface area contributed by atoms with Gasteiger partial charge in [0, 0.05) is 0 Å². The average molecular weight is 148 g/mol. The molecule has 0 saturated heterocycles. The lowest BCUT2D eigenvalue weighted by molar-refractivity contribution is 0.333. The van der Waals surface area contributed by atoms with E-state index in [2.05, 4.69) is 4.84 Å². The highest BCUT2D eigenvalue weighted by molar-refractivity contribution is 5.44. The second kappa shape index (κ2) is 3.04. The third-order valence-corrected chi connectivity index (χ3v) is 1.38. The first kappa shape index (κ1) is 7.58. The van der Waals surface area contributed by atoms with E-state index in [-0.39, 0.29) is 0 Å². The van der Waals surface area contributed by atoms with Crippen molar-refractivity contribution in [1.82, 2.24) is 0 Å². The van der Waals surface area contributed by atoms with Crippen LogP contribution in [0, 0.1) is 18.3 Å². The van der Waals surface area contributed by atoms with Crippen molar-refractivity contribution in [1.29, 1.82) is 5.26 Å². The van der Waals surface area contributed by atoms with Crippen LogP contribution in [0.4, 0.5) is 0 Å². The third kappa shape index (κ3) is 1.48. The van der Waals surface area contributed by atoms with E-state index >= 15 is 0 Å². The van der Waals surface area contributed by atoms with Crippen LogP contribution >= 0.6 is 0 Å². The Morgan fingerprint density at radius 1 is 1.55 bits per heavy atom. The normalized spacial score (nSPS) is 8.82. The first-order valence-corrected chi connectivity index (χ1v) is 3.15. The predicted molar refractivity (Wildman–Crippen MR) is 40.7 cm³/mol. The van der Waals surface area contributed by atoms with Crippen LogP contribution in [-0.2, 0) is 0 Å². The van der Waals surface area contributed by atoms with Crippen LogP contribution in [0.3, 0.4) is 0 Å². The minimum Gasteiger partial charge on any atom is -0.410 e. The Hall–Kier alpha value is -1.53. The second-order valence-electron chi connectivity index (χ2n) is 2.23. The summed E-state index contributed by atoms with van der Waals surface area (Å²) in [5.74, 6) is 5.37. The minimum absolute atomic E-state index is 0.424. The molecule has 0 bridgehead atoms.